The molecule has 1 aromatic rings. The molecular formula is C20H24FN3O3S. The Kier molecular flexibility index (Phi) is 4.61. The van der Waals surface area contributed by atoms with Gasteiger partial charge in [-0.3, -0.25) is 9.69 Å². The summed E-state index contributed by atoms with van der Waals surface area (Å²) < 4.78 is 20.3. The largest absolute Gasteiger partial charge is 0.442 e. The van der Waals surface area contributed by atoms with Crippen molar-refractivity contribution < 1.29 is 18.7 Å². The van der Waals surface area contributed by atoms with E-state index in [0.717, 1.165) is 37.2 Å². The minimum Gasteiger partial charge on any atom is -0.442 e. The van der Waals surface area contributed by atoms with E-state index < -0.39 is 12.2 Å². The van der Waals surface area contributed by atoms with Crippen molar-refractivity contribution in [1.29, 1.82) is 0 Å². The minimum atomic E-state index is -0.493. The first-order chi connectivity index (χ1) is 13.6. The van der Waals surface area contributed by atoms with Crippen LogP contribution >= 0.6 is 11.8 Å². The number of nitrogens with one attached hydrogen (secondary N) is 1. The summed E-state index contributed by atoms with van der Waals surface area (Å²) in [7, 11) is 0. The van der Waals surface area contributed by atoms with Gasteiger partial charge in [0.05, 0.1) is 24.5 Å². The first-order valence-corrected chi connectivity index (χ1v) is 11.2. The van der Waals surface area contributed by atoms with Crippen molar-refractivity contribution >= 4 is 35.1 Å². The summed E-state index contributed by atoms with van der Waals surface area (Å²) in [4.78, 5) is 27.7. The Morgan fingerprint density at radius 3 is 2.64 bits per heavy atom. The number of benzene rings is 1. The maximum atomic E-state index is 15.0. The highest BCUT2D eigenvalue weighted by atomic mass is 32.2. The highest BCUT2D eigenvalue weighted by Gasteiger charge is 2.39. The van der Waals surface area contributed by atoms with E-state index in [-0.39, 0.29) is 17.6 Å². The van der Waals surface area contributed by atoms with Gasteiger partial charge in [-0.2, -0.15) is 11.8 Å². The number of carbonyl (C=O) groups is 2. The highest BCUT2D eigenvalue weighted by molar-refractivity contribution is 7.99. The van der Waals surface area contributed by atoms with Gasteiger partial charge in [0.25, 0.3) is 0 Å². The molecule has 0 radical (unpaired) electrons. The Bertz CT molecular complexity index is 787. The lowest BCUT2D eigenvalue weighted by Crippen LogP contribution is -2.43. The lowest BCUT2D eigenvalue weighted by Gasteiger charge is -2.36. The molecule has 1 aromatic carbocycles. The number of anilines is 2. The van der Waals surface area contributed by atoms with Crippen molar-refractivity contribution in [3.8, 4) is 0 Å². The number of halogens is 1. The molecule has 150 valence electrons. The number of nitrogens with zero attached hydrogens (tertiary/aromatic N) is 2. The van der Waals surface area contributed by atoms with Gasteiger partial charge in [0, 0.05) is 29.5 Å². The normalized spacial score (nSPS) is 29.2. The summed E-state index contributed by atoms with van der Waals surface area (Å²) in [5.74, 6) is 1.95. The summed E-state index contributed by atoms with van der Waals surface area (Å²) in [5, 5.41) is 2.83. The molecule has 1 N–H and O–H groups in total. The summed E-state index contributed by atoms with van der Waals surface area (Å²) in [6, 6.07) is 5.83. The van der Waals surface area contributed by atoms with E-state index in [1.54, 1.807) is 12.1 Å². The average molecular weight is 405 g/mol. The van der Waals surface area contributed by atoms with E-state index in [0.29, 0.717) is 36.5 Å². The van der Waals surface area contributed by atoms with E-state index in [9.17, 15) is 14.0 Å². The Morgan fingerprint density at radius 2 is 1.96 bits per heavy atom. The van der Waals surface area contributed by atoms with Crippen LogP contribution in [0.3, 0.4) is 0 Å². The molecule has 8 heteroatoms. The second kappa shape index (κ2) is 7.13. The molecule has 4 aliphatic rings. The molecule has 2 bridgehead atoms. The van der Waals surface area contributed by atoms with Crippen LogP contribution in [-0.2, 0) is 9.53 Å². The zero-order valence-electron chi connectivity index (χ0n) is 15.6. The van der Waals surface area contributed by atoms with Crippen LogP contribution in [0, 0.1) is 11.7 Å². The van der Waals surface area contributed by atoms with Crippen LogP contribution in [0.4, 0.5) is 20.6 Å². The van der Waals surface area contributed by atoms with Crippen molar-refractivity contribution in [2.24, 2.45) is 5.92 Å². The predicted octanol–water partition coefficient (Wildman–Crippen LogP) is 2.76. The fourth-order valence-electron chi connectivity index (χ4n) is 4.44. The Hall–Kier alpha value is -1.96. The van der Waals surface area contributed by atoms with Gasteiger partial charge >= 0.3 is 6.09 Å². The van der Waals surface area contributed by atoms with Gasteiger partial charge < -0.3 is 15.0 Å². The van der Waals surface area contributed by atoms with Crippen LogP contribution in [0.2, 0.25) is 0 Å². The van der Waals surface area contributed by atoms with Crippen LogP contribution in [0.15, 0.2) is 18.2 Å². The van der Waals surface area contributed by atoms with Crippen molar-refractivity contribution in [2.75, 3.05) is 34.4 Å². The SMILES string of the molecule is O=C(NC[C@H]1CN(c2ccc(N3[C@@H]4CC[C@H]3CSC4)c(F)c2)C(=O)O1)C1CC1. The number of cyclic esters (lactones) is 1. The third-order valence-corrected chi connectivity index (χ3v) is 7.33. The van der Waals surface area contributed by atoms with Crippen LogP contribution in [0.5, 0.6) is 0 Å². The lowest BCUT2D eigenvalue weighted by atomic mass is 10.2. The molecule has 1 saturated carbocycles. The molecule has 2 amide bonds. The number of rotatable bonds is 5. The van der Waals surface area contributed by atoms with Crippen molar-refractivity contribution in [1.82, 2.24) is 5.32 Å². The van der Waals surface area contributed by atoms with Crippen LogP contribution in [0.1, 0.15) is 25.7 Å². The first kappa shape index (κ1) is 18.1. The van der Waals surface area contributed by atoms with E-state index in [1.807, 2.05) is 11.8 Å². The second-order valence-corrected chi connectivity index (χ2v) is 9.18. The maximum Gasteiger partial charge on any atom is 0.414 e. The van der Waals surface area contributed by atoms with Crippen LogP contribution in [-0.4, -0.2) is 54.8 Å². The van der Waals surface area contributed by atoms with Gasteiger partial charge in [-0.05, 0) is 43.9 Å². The minimum absolute atomic E-state index is 0.0271. The molecule has 28 heavy (non-hydrogen) atoms. The number of hydrogen-bond donors (Lipinski definition) is 1. The summed E-state index contributed by atoms with van der Waals surface area (Å²) in [5.41, 5.74) is 1.14. The molecule has 5 rings (SSSR count). The number of thioether (sulfide) groups is 1. The Morgan fingerprint density at radius 1 is 1.21 bits per heavy atom. The molecule has 6 nitrogen and oxygen atoms in total. The van der Waals surface area contributed by atoms with E-state index in [2.05, 4.69) is 10.2 Å². The molecule has 0 unspecified atom stereocenters. The average Bonchev–Trinajstić information content (AvgIpc) is 3.43. The van der Waals surface area contributed by atoms with Gasteiger partial charge in [0.2, 0.25) is 5.91 Å². The third-order valence-electron chi connectivity index (χ3n) is 6.09. The third kappa shape index (κ3) is 3.32. The molecule has 1 aliphatic carbocycles. The number of carbonyl (C=O) groups excluding carboxylic acids is 2. The van der Waals surface area contributed by atoms with Crippen molar-refractivity contribution in [2.45, 2.75) is 43.9 Å². The topological polar surface area (TPSA) is 61.9 Å². The zero-order valence-corrected chi connectivity index (χ0v) is 16.4. The maximum absolute atomic E-state index is 15.0. The number of fused-ring (bicyclic) bond motifs is 2. The molecule has 3 saturated heterocycles. The lowest BCUT2D eigenvalue weighted by molar-refractivity contribution is -0.122. The number of hydrogen-bond acceptors (Lipinski definition) is 5. The number of amides is 2. The molecule has 3 heterocycles. The molecule has 0 aromatic heterocycles. The molecule has 0 spiro atoms. The Labute approximate surface area is 167 Å². The van der Waals surface area contributed by atoms with Gasteiger partial charge in [-0.1, -0.05) is 0 Å². The van der Waals surface area contributed by atoms with E-state index >= 15 is 0 Å². The highest BCUT2D eigenvalue weighted by Crippen LogP contribution is 2.40. The van der Waals surface area contributed by atoms with Gasteiger partial charge in [-0.15, -0.1) is 0 Å². The van der Waals surface area contributed by atoms with Crippen molar-refractivity contribution in [3.05, 3.63) is 24.0 Å². The molecule has 4 fully saturated rings. The summed E-state index contributed by atoms with van der Waals surface area (Å²) in [6.45, 7) is 0.612. The van der Waals surface area contributed by atoms with Crippen LogP contribution < -0.4 is 15.1 Å². The summed E-state index contributed by atoms with van der Waals surface area (Å²) in [6.07, 6.45) is 3.20. The predicted molar refractivity (Wildman–Crippen MR) is 106 cm³/mol. The standard InChI is InChI=1S/C20H24FN3O3S/c21-17-7-13(5-6-18(17)24-14-3-4-15(24)11-28-10-14)23-9-16(27-20(23)26)8-22-19(25)12-1-2-12/h5-7,12,14-16H,1-4,8-11H2,(H,22,25)/t14-,15+,16-/m0/s1. The zero-order chi connectivity index (χ0) is 19.3. The fourth-order valence-corrected chi connectivity index (χ4v) is 5.77. The van der Waals surface area contributed by atoms with Gasteiger partial charge in [0.15, 0.2) is 0 Å². The van der Waals surface area contributed by atoms with Crippen molar-refractivity contribution in [3.63, 3.8) is 0 Å². The fraction of sp³-hybridized carbons (Fsp3) is 0.600. The second-order valence-electron chi connectivity index (χ2n) is 8.10. The van der Waals surface area contributed by atoms with Crippen LogP contribution in [0.25, 0.3) is 0 Å². The molecule has 3 atom stereocenters. The molecular weight excluding hydrogens is 381 g/mol. The smallest absolute Gasteiger partial charge is 0.414 e. The van der Waals surface area contributed by atoms with Gasteiger partial charge in [-0.25, -0.2) is 9.18 Å². The Balaban J connectivity index is 1.26. The summed E-state index contributed by atoms with van der Waals surface area (Å²) >= 11 is 1.95. The van der Waals surface area contributed by atoms with E-state index in [4.69, 9.17) is 4.74 Å². The quantitative estimate of drug-likeness (QED) is 0.816. The molecule has 3 aliphatic heterocycles. The number of ether oxygens (including phenoxy) is 1. The monoisotopic (exact) mass is 405 g/mol. The van der Waals surface area contributed by atoms with Gasteiger partial charge in [0.1, 0.15) is 11.9 Å². The van der Waals surface area contributed by atoms with E-state index in [1.165, 1.54) is 11.0 Å². The first-order valence-electron chi connectivity index (χ1n) is 10.0.